The zero-order valence-electron chi connectivity index (χ0n) is 15.8. The van der Waals surface area contributed by atoms with Gasteiger partial charge < -0.3 is 4.74 Å². The number of nitriles is 1. The fourth-order valence-corrected chi connectivity index (χ4v) is 4.62. The number of rotatable bonds is 3. The van der Waals surface area contributed by atoms with Crippen molar-refractivity contribution in [2.75, 3.05) is 26.3 Å². The van der Waals surface area contributed by atoms with Crippen molar-refractivity contribution in [2.45, 2.75) is 25.7 Å². The third-order valence-corrected chi connectivity index (χ3v) is 6.39. The molecule has 0 radical (unpaired) electrons. The molecule has 1 aromatic rings. The molecule has 142 valence electrons. The van der Waals surface area contributed by atoms with E-state index in [9.17, 15) is 13.7 Å². The van der Waals surface area contributed by atoms with Crippen molar-refractivity contribution >= 4 is 9.84 Å². The Labute approximate surface area is 160 Å². The van der Waals surface area contributed by atoms with Crippen molar-refractivity contribution in [1.82, 2.24) is 10.0 Å². The smallest absolute Gasteiger partial charge is 0.217 e. The lowest BCUT2D eigenvalue weighted by atomic mass is 10.1. The van der Waals surface area contributed by atoms with Gasteiger partial charge >= 0.3 is 0 Å². The average molecular weight is 385 g/mol. The van der Waals surface area contributed by atoms with Crippen molar-refractivity contribution in [3.05, 3.63) is 63.9 Å². The molecule has 0 atom stereocenters. The lowest BCUT2D eigenvalue weighted by Gasteiger charge is -2.41. The Balaban J connectivity index is 2.02. The van der Waals surface area contributed by atoms with Crippen LogP contribution in [0.4, 0.5) is 0 Å². The Morgan fingerprint density at radius 1 is 1.04 bits per heavy atom. The second kappa shape index (κ2) is 7.69. The van der Waals surface area contributed by atoms with E-state index in [-0.39, 0.29) is 9.80 Å². The SMILES string of the molecule is CC1=CC(=C(C#N)S(=O)(=O)c2ccc(C)cc2)C=C(C)N1N1CCOCC1. The van der Waals surface area contributed by atoms with E-state index in [4.69, 9.17) is 4.74 Å². The number of hydrazine groups is 1. The third kappa shape index (κ3) is 3.83. The van der Waals surface area contributed by atoms with E-state index < -0.39 is 9.84 Å². The van der Waals surface area contributed by atoms with Gasteiger partial charge in [-0.25, -0.2) is 13.4 Å². The van der Waals surface area contributed by atoms with Gasteiger partial charge in [0.25, 0.3) is 0 Å². The normalized spacial score (nSPS) is 18.6. The molecule has 6 nitrogen and oxygen atoms in total. The molecule has 27 heavy (non-hydrogen) atoms. The van der Waals surface area contributed by atoms with Gasteiger partial charge in [-0.2, -0.15) is 5.26 Å². The average Bonchev–Trinajstić information content (AvgIpc) is 2.63. The Morgan fingerprint density at radius 2 is 1.59 bits per heavy atom. The zero-order chi connectivity index (χ0) is 19.6. The molecule has 1 saturated heterocycles. The highest BCUT2D eigenvalue weighted by molar-refractivity contribution is 7.95. The van der Waals surface area contributed by atoms with Gasteiger partial charge in [-0.05, 0) is 45.1 Å². The summed E-state index contributed by atoms with van der Waals surface area (Å²) in [6.45, 7) is 8.57. The summed E-state index contributed by atoms with van der Waals surface area (Å²) in [7, 11) is -3.88. The highest BCUT2D eigenvalue weighted by Crippen LogP contribution is 2.30. The Morgan fingerprint density at radius 3 is 2.11 bits per heavy atom. The van der Waals surface area contributed by atoms with E-state index in [1.165, 1.54) is 0 Å². The van der Waals surface area contributed by atoms with Gasteiger partial charge in [0.05, 0.1) is 18.1 Å². The van der Waals surface area contributed by atoms with Gasteiger partial charge in [0, 0.05) is 30.1 Å². The molecule has 1 fully saturated rings. The van der Waals surface area contributed by atoms with E-state index in [0.717, 1.165) is 30.0 Å². The van der Waals surface area contributed by atoms with Gasteiger partial charge in [-0.1, -0.05) is 17.7 Å². The number of benzene rings is 1. The molecule has 1 aromatic carbocycles. The number of morpholine rings is 1. The molecule has 0 bridgehead atoms. The number of sulfone groups is 1. The second-order valence-corrected chi connectivity index (χ2v) is 8.55. The predicted molar refractivity (Wildman–Crippen MR) is 103 cm³/mol. The maximum Gasteiger partial charge on any atom is 0.217 e. The van der Waals surface area contributed by atoms with E-state index in [1.54, 1.807) is 36.4 Å². The van der Waals surface area contributed by atoms with Crippen molar-refractivity contribution in [2.24, 2.45) is 0 Å². The summed E-state index contributed by atoms with van der Waals surface area (Å²) in [5, 5.41) is 13.9. The Bertz CT molecular complexity index is 939. The number of nitrogens with zero attached hydrogens (tertiary/aromatic N) is 3. The molecular formula is C20H23N3O3S. The summed E-state index contributed by atoms with van der Waals surface area (Å²) in [6.07, 6.45) is 3.51. The molecule has 0 aromatic heterocycles. The lowest BCUT2D eigenvalue weighted by molar-refractivity contribution is -0.0526. The fourth-order valence-electron chi connectivity index (χ4n) is 3.34. The van der Waals surface area contributed by atoms with Crippen LogP contribution in [0.3, 0.4) is 0 Å². The summed E-state index contributed by atoms with van der Waals surface area (Å²) in [5.74, 6) is 0. The molecule has 2 heterocycles. The topological polar surface area (TPSA) is 73.6 Å². The summed E-state index contributed by atoms with van der Waals surface area (Å²) >= 11 is 0. The summed E-state index contributed by atoms with van der Waals surface area (Å²) in [4.78, 5) is -0.100. The number of hydrogen-bond donors (Lipinski definition) is 0. The number of aryl methyl sites for hydroxylation is 1. The van der Waals surface area contributed by atoms with Crippen LogP contribution in [0.25, 0.3) is 0 Å². The van der Waals surface area contributed by atoms with E-state index in [1.807, 2.05) is 26.8 Å². The lowest BCUT2D eigenvalue weighted by Crippen LogP contribution is -2.47. The third-order valence-electron chi connectivity index (χ3n) is 4.63. The largest absolute Gasteiger partial charge is 0.379 e. The molecule has 7 heteroatoms. The van der Waals surface area contributed by atoms with Crippen LogP contribution in [0.15, 0.2) is 63.2 Å². The summed E-state index contributed by atoms with van der Waals surface area (Å²) < 4.78 is 31.4. The molecular weight excluding hydrogens is 362 g/mol. The maximum atomic E-state index is 13.0. The van der Waals surface area contributed by atoms with Crippen molar-refractivity contribution in [1.29, 1.82) is 5.26 Å². The standard InChI is InChI=1S/C20H23N3O3S/c1-15-4-6-19(7-5-15)27(24,25)20(14-21)18-12-16(2)23(17(3)13-18)22-8-10-26-11-9-22/h4-7,12-13H,8-11H2,1-3H3. The Kier molecular flexibility index (Phi) is 5.51. The van der Waals surface area contributed by atoms with Gasteiger partial charge in [-0.15, -0.1) is 0 Å². The number of hydrogen-bond acceptors (Lipinski definition) is 6. The number of ether oxygens (including phenoxy) is 1. The van der Waals surface area contributed by atoms with Crippen molar-refractivity contribution in [3.8, 4) is 6.07 Å². The molecule has 0 amide bonds. The molecule has 0 spiro atoms. The van der Waals surface area contributed by atoms with Crippen LogP contribution in [-0.4, -0.2) is 44.7 Å². The first-order valence-corrected chi connectivity index (χ1v) is 10.3. The second-order valence-electron chi connectivity index (χ2n) is 6.66. The summed E-state index contributed by atoms with van der Waals surface area (Å²) in [6, 6.07) is 8.46. The minimum atomic E-state index is -3.88. The van der Waals surface area contributed by atoms with E-state index in [2.05, 4.69) is 10.0 Å². The molecule has 0 unspecified atom stereocenters. The molecule has 2 aliphatic rings. The van der Waals surface area contributed by atoms with Crippen LogP contribution < -0.4 is 0 Å². The van der Waals surface area contributed by atoms with Gasteiger partial charge in [0.2, 0.25) is 9.84 Å². The van der Waals surface area contributed by atoms with Crippen LogP contribution in [0.5, 0.6) is 0 Å². The van der Waals surface area contributed by atoms with E-state index >= 15 is 0 Å². The van der Waals surface area contributed by atoms with Crippen molar-refractivity contribution < 1.29 is 13.2 Å². The van der Waals surface area contributed by atoms with Crippen LogP contribution in [0.1, 0.15) is 19.4 Å². The predicted octanol–water partition coefficient (Wildman–Crippen LogP) is 2.92. The molecule has 2 aliphatic heterocycles. The van der Waals surface area contributed by atoms with Gasteiger partial charge in [0.15, 0.2) is 4.91 Å². The van der Waals surface area contributed by atoms with Crippen LogP contribution in [0.2, 0.25) is 0 Å². The highest BCUT2D eigenvalue weighted by atomic mass is 32.2. The minimum Gasteiger partial charge on any atom is -0.379 e. The van der Waals surface area contributed by atoms with Crippen LogP contribution >= 0.6 is 0 Å². The first-order valence-electron chi connectivity index (χ1n) is 8.80. The van der Waals surface area contributed by atoms with Crippen molar-refractivity contribution in [3.63, 3.8) is 0 Å². The fraction of sp³-hybridized carbons (Fsp3) is 0.350. The first-order chi connectivity index (χ1) is 12.8. The van der Waals surface area contributed by atoms with E-state index in [0.29, 0.717) is 18.8 Å². The number of allylic oxidation sites excluding steroid dienone is 6. The van der Waals surface area contributed by atoms with Gasteiger partial charge in [-0.3, -0.25) is 5.01 Å². The Hall–Kier alpha value is -2.40. The van der Waals surface area contributed by atoms with Crippen LogP contribution in [0, 0.1) is 18.3 Å². The van der Waals surface area contributed by atoms with Gasteiger partial charge in [0.1, 0.15) is 6.07 Å². The quantitative estimate of drug-likeness (QED) is 0.745. The van der Waals surface area contributed by atoms with Crippen LogP contribution in [-0.2, 0) is 14.6 Å². The molecule has 0 aliphatic carbocycles. The minimum absolute atomic E-state index is 0.130. The monoisotopic (exact) mass is 385 g/mol. The first kappa shape index (κ1) is 19.4. The molecule has 3 rings (SSSR count). The molecule has 0 N–H and O–H groups in total. The maximum absolute atomic E-state index is 13.0. The summed E-state index contributed by atoms with van der Waals surface area (Å²) in [5.41, 5.74) is 3.13. The zero-order valence-corrected chi connectivity index (χ0v) is 16.6. The highest BCUT2D eigenvalue weighted by Gasteiger charge is 2.28. The molecule has 0 saturated carbocycles.